The molecule has 0 aromatic carbocycles. The number of carboxylic acids is 1. The van der Waals surface area contributed by atoms with Gasteiger partial charge in [-0.3, -0.25) is 4.90 Å². The van der Waals surface area contributed by atoms with E-state index in [0.29, 0.717) is 4.90 Å². The van der Waals surface area contributed by atoms with Gasteiger partial charge >= 0.3 is 12.1 Å². The molecule has 0 bridgehead atoms. The van der Waals surface area contributed by atoms with Crippen LogP contribution in [-0.2, 0) is 4.79 Å². The van der Waals surface area contributed by atoms with Crippen LogP contribution in [0.5, 0.6) is 0 Å². The van der Waals surface area contributed by atoms with E-state index in [9.17, 15) is 18.4 Å². The molecule has 7 heteroatoms. The Morgan fingerprint density at radius 2 is 1.87 bits per heavy atom. The highest BCUT2D eigenvalue weighted by Gasteiger charge is 2.75. The maximum atomic E-state index is 13.0. The van der Waals surface area contributed by atoms with Crippen molar-refractivity contribution < 1.29 is 28.6 Å². The SMILES string of the molecule is O=C(O)[C@@H]1C[C@@]2(CN1C(=O)O)CC2(F)F. The molecule has 1 heterocycles. The smallest absolute Gasteiger partial charge is 0.408 e. The van der Waals surface area contributed by atoms with Crippen molar-refractivity contribution in [3.8, 4) is 0 Å². The summed E-state index contributed by atoms with van der Waals surface area (Å²) in [5, 5.41) is 17.4. The Bertz CT molecular complexity index is 322. The highest BCUT2D eigenvalue weighted by Crippen LogP contribution is 2.66. The molecule has 5 nitrogen and oxygen atoms in total. The highest BCUT2D eigenvalue weighted by atomic mass is 19.3. The van der Waals surface area contributed by atoms with Gasteiger partial charge in [-0.1, -0.05) is 0 Å². The molecule has 0 aromatic rings. The predicted molar refractivity (Wildman–Crippen MR) is 42.8 cm³/mol. The molecule has 2 atom stereocenters. The van der Waals surface area contributed by atoms with E-state index in [1.165, 1.54) is 0 Å². The van der Waals surface area contributed by atoms with E-state index in [1.54, 1.807) is 0 Å². The lowest BCUT2D eigenvalue weighted by Crippen LogP contribution is -2.39. The molecule has 1 saturated heterocycles. The fraction of sp³-hybridized carbons (Fsp3) is 0.750. The first kappa shape index (κ1) is 10.1. The molecule has 84 valence electrons. The molecule has 1 amide bonds. The number of likely N-dealkylation sites (tertiary alicyclic amines) is 1. The quantitative estimate of drug-likeness (QED) is 0.688. The van der Waals surface area contributed by atoms with Crippen molar-refractivity contribution >= 4 is 12.1 Å². The summed E-state index contributed by atoms with van der Waals surface area (Å²) in [7, 11) is 0. The maximum absolute atomic E-state index is 13.0. The lowest BCUT2D eigenvalue weighted by Gasteiger charge is -2.16. The van der Waals surface area contributed by atoms with Gasteiger partial charge < -0.3 is 10.2 Å². The van der Waals surface area contributed by atoms with Gasteiger partial charge in [0.25, 0.3) is 5.92 Å². The number of nitrogens with zero attached hydrogens (tertiary/aromatic N) is 1. The van der Waals surface area contributed by atoms with E-state index in [4.69, 9.17) is 10.2 Å². The van der Waals surface area contributed by atoms with Crippen LogP contribution in [0.4, 0.5) is 13.6 Å². The van der Waals surface area contributed by atoms with Gasteiger partial charge in [0.05, 0.1) is 5.41 Å². The fourth-order valence-corrected chi connectivity index (χ4v) is 2.18. The first-order chi connectivity index (χ1) is 6.79. The van der Waals surface area contributed by atoms with Crippen molar-refractivity contribution in [2.24, 2.45) is 5.41 Å². The second-order valence-electron chi connectivity index (χ2n) is 4.13. The Balaban J connectivity index is 2.21. The number of carbonyl (C=O) groups is 2. The van der Waals surface area contributed by atoms with Gasteiger partial charge in [0, 0.05) is 13.0 Å². The molecule has 0 aromatic heterocycles. The topological polar surface area (TPSA) is 77.8 Å². The summed E-state index contributed by atoms with van der Waals surface area (Å²) in [6.07, 6.45) is -2.16. The fourth-order valence-electron chi connectivity index (χ4n) is 2.18. The average Bonchev–Trinajstić information content (AvgIpc) is 2.48. The number of amides is 1. The highest BCUT2D eigenvalue weighted by molar-refractivity contribution is 5.80. The van der Waals surface area contributed by atoms with Crippen LogP contribution in [-0.4, -0.2) is 45.7 Å². The normalized spacial score (nSPS) is 36.9. The molecule has 2 aliphatic rings. The van der Waals surface area contributed by atoms with Gasteiger partial charge in [0.2, 0.25) is 0 Å². The second kappa shape index (κ2) is 2.59. The number of hydrogen-bond acceptors (Lipinski definition) is 2. The van der Waals surface area contributed by atoms with Crippen molar-refractivity contribution in [2.45, 2.75) is 24.8 Å². The van der Waals surface area contributed by atoms with Crippen LogP contribution >= 0.6 is 0 Å². The van der Waals surface area contributed by atoms with Crippen LogP contribution in [0.25, 0.3) is 0 Å². The van der Waals surface area contributed by atoms with Crippen molar-refractivity contribution in [3.05, 3.63) is 0 Å². The third-order valence-corrected chi connectivity index (χ3v) is 3.18. The van der Waals surface area contributed by atoms with E-state index < -0.39 is 35.9 Å². The molecule has 2 N–H and O–H groups in total. The summed E-state index contributed by atoms with van der Waals surface area (Å²) in [6.45, 7) is -0.383. The third kappa shape index (κ3) is 1.25. The molecular weight excluding hydrogens is 212 g/mol. The minimum atomic E-state index is -2.91. The van der Waals surface area contributed by atoms with Crippen LogP contribution in [0.15, 0.2) is 0 Å². The standard InChI is InChI=1S/C8H9F2NO4/c9-8(10)2-7(8)1-4(5(12)13)11(3-7)6(14)15/h4H,1-3H2,(H,12,13)(H,14,15)/t4-,7-/m0/s1. The largest absolute Gasteiger partial charge is 0.480 e. The van der Waals surface area contributed by atoms with Gasteiger partial charge in [-0.15, -0.1) is 0 Å². The number of halogens is 2. The maximum Gasteiger partial charge on any atom is 0.408 e. The predicted octanol–water partition coefficient (Wildman–Crippen LogP) is 0.849. The Morgan fingerprint density at radius 1 is 1.33 bits per heavy atom. The van der Waals surface area contributed by atoms with Crippen LogP contribution in [0, 0.1) is 5.41 Å². The summed E-state index contributed by atoms with van der Waals surface area (Å²) in [6, 6.07) is -1.34. The lowest BCUT2D eigenvalue weighted by atomic mass is 10.0. The first-order valence-electron chi connectivity index (χ1n) is 4.39. The monoisotopic (exact) mass is 221 g/mol. The van der Waals surface area contributed by atoms with Gasteiger partial charge in [-0.25, -0.2) is 18.4 Å². The lowest BCUT2D eigenvalue weighted by molar-refractivity contribution is -0.141. The molecular formula is C8H9F2NO4. The van der Waals surface area contributed by atoms with Crippen molar-refractivity contribution in [1.29, 1.82) is 0 Å². The molecule has 15 heavy (non-hydrogen) atoms. The van der Waals surface area contributed by atoms with Crippen molar-refractivity contribution in [1.82, 2.24) is 4.90 Å². The van der Waals surface area contributed by atoms with E-state index in [0.717, 1.165) is 0 Å². The summed E-state index contributed by atoms with van der Waals surface area (Å²) < 4.78 is 25.9. The van der Waals surface area contributed by atoms with E-state index in [-0.39, 0.29) is 13.0 Å². The van der Waals surface area contributed by atoms with Crippen LogP contribution in [0.2, 0.25) is 0 Å². The molecule has 1 aliphatic heterocycles. The van der Waals surface area contributed by atoms with Crippen molar-refractivity contribution in [3.63, 3.8) is 0 Å². The van der Waals surface area contributed by atoms with Gasteiger partial charge in [0.15, 0.2) is 0 Å². The molecule has 1 aliphatic carbocycles. The van der Waals surface area contributed by atoms with E-state index >= 15 is 0 Å². The van der Waals surface area contributed by atoms with Crippen LogP contribution in [0.1, 0.15) is 12.8 Å². The minimum absolute atomic E-state index is 0.290. The summed E-state index contributed by atoms with van der Waals surface area (Å²) >= 11 is 0. The molecule has 1 saturated carbocycles. The zero-order valence-corrected chi connectivity index (χ0v) is 7.61. The Kier molecular flexibility index (Phi) is 1.75. The number of rotatable bonds is 1. The number of hydrogen-bond donors (Lipinski definition) is 2. The zero-order chi connectivity index (χ0) is 11.4. The third-order valence-electron chi connectivity index (χ3n) is 3.18. The molecule has 0 radical (unpaired) electrons. The second-order valence-corrected chi connectivity index (χ2v) is 4.13. The van der Waals surface area contributed by atoms with Crippen molar-refractivity contribution in [2.75, 3.05) is 6.54 Å². The molecule has 1 spiro atoms. The Hall–Kier alpha value is -1.40. The molecule has 2 rings (SSSR count). The van der Waals surface area contributed by atoms with Gasteiger partial charge in [-0.2, -0.15) is 0 Å². The van der Waals surface area contributed by atoms with E-state index in [1.807, 2.05) is 0 Å². The van der Waals surface area contributed by atoms with Gasteiger partial charge in [-0.05, 0) is 6.42 Å². The van der Waals surface area contributed by atoms with E-state index in [2.05, 4.69) is 0 Å². The molecule has 0 unspecified atom stereocenters. The average molecular weight is 221 g/mol. The Morgan fingerprint density at radius 3 is 2.13 bits per heavy atom. The van der Waals surface area contributed by atoms with Crippen LogP contribution < -0.4 is 0 Å². The van der Waals surface area contributed by atoms with Crippen LogP contribution in [0.3, 0.4) is 0 Å². The summed E-state index contributed by atoms with van der Waals surface area (Å²) in [5.74, 6) is -4.28. The summed E-state index contributed by atoms with van der Waals surface area (Å²) in [4.78, 5) is 21.9. The number of aliphatic carboxylic acids is 1. The first-order valence-corrected chi connectivity index (χ1v) is 4.39. The summed E-state index contributed by atoms with van der Waals surface area (Å²) in [5.41, 5.74) is -1.42. The van der Waals surface area contributed by atoms with Gasteiger partial charge in [0.1, 0.15) is 6.04 Å². The number of alkyl halides is 2. The zero-order valence-electron chi connectivity index (χ0n) is 7.61. The molecule has 2 fully saturated rings. The Labute approximate surface area is 83.3 Å². The number of carboxylic acid groups (broad SMARTS) is 2. The minimum Gasteiger partial charge on any atom is -0.480 e.